The molecule has 1 atom stereocenters. The number of aromatic nitrogens is 1. The minimum Gasteiger partial charge on any atom is -0.439 e. The van der Waals surface area contributed by atoms with Gasteiger partial charge in [0.1, 0.15) is 5.52 Å². The van der Waals surface area contributed by atoms with Gasteiger partial charge >= 0.3 is 0 Å². The lowest BCUT2D eigenvalue weighted by atomic mass is 9.93. The van der Waals surface area contributed by atoms with Gasteiger partial charge in [-0.15, -0.1) is 0 Å². The first-order valence-electron chi connectivity index (χ1n) is 8.42. The Hall–Kier alpha value is -1.88. The zero-order chi connectivity index (χ0) is 16.2. The lowest BCUT2D eigenvalue weighted by Crippen LogP contribution is -2.33. The smallest absolute Gasteiger partial charge is 0.220 e. The number of fused-ring (bicyclic) bond motifs is 1. The first-order valence-corrected chi connectivity index (χ1v) is 8.42. The number of oxazole rings is 1. The summed E-state index contributed by atoms with van der Waals surface area (Å²) in [6.45, 7) is 4.66. The lowest BCUT2D eigenvalue weighted by molar-refractivity contribution is -0.121. The second-order valence-corrected chi connectivity index (χ2v) is 6.62. The highest BCUT2D eigenvalue weighted by atomic mass is 16.3. The monoisotopic (exact) mass is 315 g/mol. The lowest BCUT2D eigenvalue weighted by Gasteiger charge is -2.29. The number of rotatable bonds is 5. The average Bonchev–Trinajstić information content (AvgIpc) is 2.96. The first-order chi connectivity index (χ1) is 11.1. The number of piperidine rings is 1. The zero-order valence-electron chi connectivity index (χ0n) is 14.0. The van der Waals surface area contributed by atoms with Crippen molar-refractivity contribution in [2.45, 2.75) is 39.2 Å². The maximum Gasteiger partial charge on any atom is 0.220 e. The fourth-order valence-corrected chi connectivity index (χ4v) is 3.31. The summed E-state index contributed by atoms with van der Waals surface area (Å²) in [4.78, 5) is 18.8. The highest BCUT2D eigenvalue weighted by Crippen LogP contribution is 2.20. The summed E-state index contributed by atoms with van der Waals surface area (Å²) in [5, 5.41) is 2.92. The molecule has 1 fully saturated rings. The SMILES string of the molecule is Cc1cccc2oc(CNC(=O)CC[C@H]3CCCN(C)C3)nc12. The topological polar surface area (TPSA) is 58.4 Å². The Morgan fingerprint density at radius 2 is 2.35 bits per heavy atom. The van der Waals surface area contributed by atoms with Crippen LogP contribution in [0.2, 0.25) is 0 Å². The number of nitrogens with zero attached hydrogens (tertiary/aromatic N) is 2. The second-order valence-electron chi connectivity index (χ2n) is 6.62. The summed E-state index contributed by atoms with van der Waals surface area (Å²) in [6, 6.07) is 5.86. The van der Waals surface area contributed by atoms with Crippen molar-refractivity contribution in [3.8, 4) is 0 Å². The first kappa shape index (κ1) is 16.0. The molecule has 3 rings (SSSR count). The van der Waals surface area contributed by atoms with Crippen LogP contribution >= 0.6 is 0 Å². The standard InChI is InChI=1S/C18H25N3O2/c1-13-5-3-7-15-18(13)20-17(23-15)11-19-16(22)9-8-14-6-4-10-21(2)12-14/h3,5,7,14H,4,6,8-12H2,1-2H3,(H,19,22)/t14-/m1/s1. The molecule has 5 heteroatoms. The van der Waals surface area contributed by atoms with Crippen LogP contribution in [0.15, 0.2) is 22.6 Å². The quantitative estimate of drug-likeness (QED) is 0.922. The highest BCUT2D eigenvalue weighted by Gasteiger charge is 2.18. The molecule has 0 aliphatic carbocycles. The number of para-hydroxylation sites is 1. The van der Waals surface area contributed by atoms with Crippen LogP contribution in [0.1, 0.15) is 37.1 Å². The molecule has 1 saturated heterocycles. The van der Waals surface area contributed by atoms with Crippen LogP contribution in [0.4, 0.5) is 0 Å². The third kappa shape index (κ3) is 4.10. The van der Waals surface area contributed by atoms with E-state index >= 15 is 0 Å². The molecular formula is C18H25N3O2. The molecule has 5 nitrogen and oxygen atoms in total. The maximum atomic E-state index is 12.0. The van der Waals surface area contributed by atoms with E-state index in [2.05, 4.69) is 22.2 Å². The van der Waals surface area contributed by atoms with Crippen LogP contribution in [0, 0.1) is 12.8 Å². The van der Waals surface area contributed by atoms with Gasteiger partial charge in [0.05, 0.1) is 6.54 Å². The summed E-state index contributed by atoms with van der Waals surface area (Å²) >= 11 is 0. The van der Waals surface area contributed by atoms with Gasteiger partial charge in [-0.1, -0.05) is 12.1 Å². The van der Waals surface area contributed by atoms with E-state index in [0.29, 0.717) is 24.8 Å². The van der Waals surface area contributed by atoms with E-state index < -0.39 is 0 Å². The van der Waals surface area contributed by atoms with Crippen molar-refractivity contribution in [1.29, 1.82) is 0 Å². The summed E-state index contributed by atoms with van der Waals surface area (Å²) in [6.07, 6.45) is 4.02. The van der Waals surface area contributed by atoms with Gasteiger partial charge in [0.25, 0.3) is 0 Å². The van der Waals surface area contributed by atoms with E-state index in [4.69, 9.17) is 4.42 Å². The maximum absolute atomic E-state index is 12.0. The van der Waals surface area contributed by atoms with Crippen molar-refractivity contribution in [3.05, 3.63) is 29.7 Å². The molecule has 1 N–H and O–H groups in total. The minimum atomic E-state index is 0.0807. The van der Waals surface area contributed by atoms with E-state index in [1.165, 1.54) is 19.4 Å². The molecule has 0 saturated carbocycles. The number of likely N-dealkylation sites (tertiary alicyclic amines) is 1. The molecule has 1 aliphatic rings. The summed E-state index contributed by atoms with van der Waals surface area (Å²) < 4.78 is 5.68. The number of hydrogen-bond acceptors (Lipinski definition) is 4. The molecule has 0 unspecified atom stereocenters. The largest absolute Gasteiger partial charge is 0.439 e. The number of aryl methyl sites for hydroxylation is 1. The van der Waals surface area contributed by atoms with E-state index in [9.17, 15) is 4.79 Å². The van der Waals surface area contributed by atoms with E-state index in [-0.39, 0.29) is 5.91 Å². The van der Waals surface area contributed by atoms with Gasteiger partial charge in [-0.2, -0.15) is 0 Å². The van der Waals surface area contributed by atoms with Crippen molar-refractivity contribution in [1.82, 2.24) is 15.2 Å². The summed E-state index contributed by atoms with van der Waals surface area (Å²) in [5.41, 5.74) is 2.74. The molecule has 23 heavy (non-hydrogen) atoms. The molecular weight excluding hydrogens is 290 g/mol. The Bertz CT molecular complexity index is 680. The van der Waals surface area contributed by atoms with Gasteiger partial charge in [-0.05, 0) is 57.3 Å². The number of carbonyl (C=O) groups is 1. The summed E-state index contributed by atoms with van der Waals surface area (Å²) in [5.74, 6) is 1.30. The van der Waals surface area contributed by atoms with E-state index in [1.54, 1.807) is 0 Å². The third-order valence-electron chi connectivity index (χ3n) is 4.60. The van der Waals surface area contributed by atoms with Crippen LogP contribution in [0.5, 0.6) is 0 Å². The van der Waals surface area contributed by atoms with Crippen LogP contribution in [0.25, 0.3) is 11.1 Å². The van der Waals surface area contributed by atoms with Gasteiger partial charge in [0.2, 0.25) is 11.8 Å². The van der Waals surface area contributed by atoms with Gasteiger partial charge < -0.3 is 14.6 Å². The molecule has 2 heterocycles. The van der Waals surface area contributed by atoms with Gasteiger partial charge in [-0.25, -0.2) is 4.98 Å². The normalized spacial score (nSPS) is 19.1. The van der Waals surface area contributed by atoms with Crippen LogP contribution < -0.4 is 5.32 Å². The van der Waals surface area contributed by atoms with Crippen LogP contribution in [-0.4, -0.2) is 35.9 Å². The molecule has 0 radical (unpaired) electrons. The Labute approximate surface area is 137 Å². The third-order valence-corrected chi connectivity index (χ3v) is 4.60. The number of amides is 1. The number of benzene rings is 1. The van der Waals surface area contributed by atoms with Crippen molar-refractivity contribution < 1.29 is 9.21 Å². The Morgan fingerprint density at radius 3 is 3.13 bits per heavy atom. The Kier molecular flexibility index (Phi) is 4.96. The molecule has 1 aliphatic heterocycles. The molecule has 0 bridgehead atoms. The second kappa shape index (κ2) is 7.13. The van der Waals surface area contributed by atoms with Crippen molar-refractivity contribution in [2.75, 3.05) is 20.1 Å². The fourth-order valence-electron chi connectivity index (χ4n) is 3.31. The molecule has 124 valence electrons. The predicted octanol–water partition coefficient (Wildman–Crippen LogP) is 2.87. The average molecular weight is 315 g/mol. The molecule has 1 aromatic heterocycles. The Morgan fingerprint density at radius 1 is 1.48 bits per heavy atom. The molecule has 1 aromatic carbocycles. The zero-order valence-corrected chi connectivity index (χ0v) is 14.0. The molecule has 2 aromatic rings. The van der Waals surface area contributed by atoms with E-state index in [1.807, 2.05) is 25.1 Å². The van der Waals surface area contributed by atoms with Gasteiger partial charge in [0.15, 0.2) is 5.58 Å². The molecule has 0 spiro atoms. The molecule has 1 amide bonds. The summed E-state index contributed by atoms with van der Waals surface area (Å²) in [7, 11) is 2.15. The number of nitrogens with one attached hydrogen (secondary N) is 1. The van der Waals surface area contributed by atoms with Gasteiger partial charge in [-0.3, -0.25) is 4.79 Å². The van der Waals surface area contributed by atoms with E-state index in [0.717, 1.165) is 29.6 Å². The fraction of sp³-hybridized carbons (Fsp3) is 0.556. The highest BCUT2D eigenvalue weighted by molar-refractivity contribution is 5.77. The van der Waals surface area contributed by atoms with Crippen molar-refractivity contribution >= 4 is 17.0 Å². The van der Waals surface area contributed by atoms with Gasteiger partial charge in [0, 0.05) is 13.0 Å². The number of hydrogen-bond donors (Lipinski definition) is 1. The predicted molar refractivity (Wildman–Crippen MR) is 90.0 cm³/mol. The minimum absolute atomic E-state index is 0.0807. The van der Waals surface area contributed by atoms with Crippen molar-refractivity contribution in [2.24, 2.45) is 5.92 Å². The Balaban J connectivity index is 1.47. The van der Waals surface area contributed by atoms with Crippen LogP contribution in [-0.2, 0) is 11.3 Å². The van der Waals surface area contributed by atoms with Crippen molar-refractivity contribution in [3.63, 3.8) is 0 Å². The number of carbonyl (C=O) groups excluding carboxylic acids is 1. The van der Waals surface area contributed by atoms with Crippen LogP contribution in [0.3, 0.4) is 0 Å².